The topological polar surface area (TPSA) is 88.8 Å². The molecule has 2 aromatic carbocycles. The van der Waals surface area contributed by atoms with Crippen molar-refractivity contribution in [3.05, 3.63) is 57.9 Å². The number of methoxy groups -OCH3 is 2. The molecule has 0 aliphatic carbocycles. The van der Waals surface area contributed by atoms with Gasteiger partial charge in [0.15, 0.2) is 0 Å². The summed E-state index contributed by atoms with van der Waals surface area (Å²) in [5.41, 5.74) is 0.303. The third kappa shape index (κ3) is 5.15. The predicted octanol–water partition coefficient (Wildman–Crippen LogP) is 4.64. The second-order valence-electron chi connectivity index (χ2n) is 9.90. The van der Waals surface area contributed by atoms with Crippen LogP contribution in [0.4, 0.5) is 24.5 Å². The standard InChI is InChI=1S/C28H31F3N4O4/c1-4-17-5-7-22-25(16-11-20(38-2)14-21(12-16)39-3)33-35(27(37)26(22)32-17)24-13-18(34-10-9-19(36)15-34)6-8-23(24)28(29,30)31/h6,8,11-14,17,19,32,36H,4-5,7,9-10,15H2,1-3H3/t17?,19-/m0/s1. The van der Waals surface area contributed by atoms with Crippen LogP contribution < -0.4 is 25.2 Å². The zero-order valence-corrected chi connectivity index (χ0v) is 22.0. The number of hydrogen-bond donors (Lipinski definition) is 2. The van der Waals surface area contributed by atoms with Gasteiger partial charge in [0.1, 0.15) is 17.2 Å². The molecule has 2 atom stereocenters. The summed E-state index contributed by atoms with van der Waals surface area (Å²) in [4.78, 5) is 15.6. The summed E-state index contributed by atoms with van der Waals surface area (Å²) in [5.74, 6) is 0.969. The van der Waals surface area contributed by atoms with E-state index >= 15 is 0 Å². The van der Waals surface area contributed by atoms with Gasteiger partial charge >= 0.3 is 6.18 Å². The average molecular weight is 545 g/mol. The number of aliphatic hydroxyl groups is 1. The first-order valence-electron chi connectivity index (χ1n) is 12.9. The first-order valence-corrected chi connectivity index (χ1v) is 12.9. The first-order chi connectivity index (χ1) is 18.6. The summed E-state index contributed by atoms with van der Waals surface area (Å²) in [5, 5.41) is 17.8. The van der Waals surface area contributed by atoms with Gasteiger partial charge in [-0.15, -0.1) is 0 Å². The Labute approximate surface area is 224 Å². The Morgan fingerprint density at radius 2 is 1.82 bits per heavy atom. The fourth-order valence-corrected chi connectivity index (χ4v) is 5.30. The van der Waals surface area contributed by atoms with E-state index in [1.807, 2.05) is 6.92 Å². The Balaban J connectivity index is 1.78. The molecule has 11 heteroatoms. The van der Waals surface area contributed by atoms with Crippen LogP contribution in [0.1, 0.15) is 37.3 Å². The van der Waals surface area contributed by atoms with Gasteiger partial charge < -0.3 is 24.8 Å². The molecule has 1 fully saturated rings. The quantitative estimate of drug-likeness (QED) is 0.467. The molecule has 1 aromatic heterocycles. The lowest BCUT2D eigenvalue weighted by Crippen LogP contribution is -2.35. The number of rotatable bonds is 6. The molecule has 208 valence electrons. The fourth-order valence-electron chi connectivity index (χ4n) is 5.30. The number of aromatic nitrogens is 2. The molecule has 0 saturated carbocycles. The number of hydrogen-bond acceptors (Lipinski definition) is 7. The molecule has 1 saturated heterocycles. The summed E-state index contributed by atoms with van der Waals surface area (Å²) in [7, 11) is 3.01. The molecule has 0 amide bonds. The van der Waals surface area contributed by atoms with Gasteiger partial charge in [-0.2, -0.15) is 23.0 Å². The van der Waals surface area contributed by atoms with Crippen molar-refractivity contribution < 1.29 is 27.8 Å². The third-order valence-corrected chi connectivity index (χ3v) is 7.45. The number of halogens is 3. The summed E-state index contributed by atoms with van der Waals surface area (Å²) in [6, 6.07) is 8.81. The lowest BCUT2D eigenvalue weighted by atomic mass is 9.93. The van der Waals surface area contributed by atoms with Crippen LogP contribution in [0.2, 0.25) is 0 Å². The number of alkyl halides is 3. The maximum absolute atomic E-state index is 14.3. The Morgan fingerprint density at radius 3 is 2.41 bits per heavy atom. The van der Waals surface area contributed by atoms with E-state index in [1.165, 1.54) is 26.4 Å². The van der Waals surface area contributed by atoms with Crippen LogP contribution in [0.3, 0.4) is 0 Å². The minimum Gasteiger partial charge on any atom is -0.497 e. The highest BCUT2D eigenvalue weighted by atomic mass is 19.4. The molecular weight excluding hydrogens is 513 g/mol. The Morgan fingerprint density at radius 1 is 1.10 bits per heavy atom. The molecule has 1 unspecified atom stereocenters. The molecule has 2 aliphatic heterocycles. The Kier molecular flexibility index (Phi) is 7.19. The van der Waals surface area contributed by atoms with Crippen LogP contribution in [0.15, 0.2) is 41.2 Å². The molecule has 5 rings (SSSR count). The van der Waals surface area contributed by atoms with Gasteiger partial charge in [-0.25, -0.2) is 0 Å². The van der Waals surface area contributed by atoms with Crippen molar-refractivity contribution in [3.8, 4) is 28.4 Å². The molecule has 8 nitrogen and oxygen atoms in total. The zero-order chi connectivity index (χ0) is 27.9. The Hall–Kier alpha value is -3.73. The molecule has 3 aromatic rings. The lowest BCUT2D eigenvalue weighted by Gasteiger charge is -2.28. The van der Waals surface area contributed by atoms with E-state index in [4.69, 9.17) is 9.47 Å². The van der Waals surface area contributed by atoms with Crippen LogP contribution in [-0.4, -0.2) is 54.3 Å². The summed E-state index contributed by atoms with van der Waals surface area (Å²) in [6.07, 6.45) is -2.74. The van der Waals surface area contributed by atoms with Gasteiger partial charge in [-0.1, -0.05) is 6.92 Å². The van der Waals surface area contributed by atoms with E-state index in [1.54, 1.807) is 23.1 Å². The van der Waals surface area contributed by atoms with Gasteiger partial charge in [0.2, 0.25) is 0 Å². The van der Waals surface area contributed by atoms with E-state index in [2.05, 4.69) is 10.4 Å². The van der Waals surface area contributed by atoms with Crippen molar-refractivity contribution in [1.82, 2.24) is 9.78 Å². The minimum atomic E-state index is -4.73. The van der Waals surface area contributed by atoms with Gasteiger partial charge in [0.25, 0.3) is 5.56 Å². The van der Waals surface area contributed by atoms with E-state index < -0.39 is 23.4 Å². The fraction of sp³-hybridized carbons (Fsp3) is 0.429. The van der Waals surface area contributed by atoms with Crippen molar-refractivity contribution in [2.75, 3.05) is 37.5 Å². The highest BCUT2D eigenvalue weighted by molar-refractivity contribution is 5.73. The molecule has 2 N–H and O–H groups in total. The zero-order valence-electron chi connectivity index (χ0n) is 22.0. The number of anilines is 2. The van der Waals surface area contributed by atoms with Crippen LogP contribution in [-0.2, 0) is 12.6 Å². The SMILES string of the molecule is CCC1CCc2c(-c3cc(OC)cc(OC)c3)nn(-c3cc(N4CC[C@H](O)C4)ccc3C(F)(F)F)c(=O)c2N1. The molecule has 0 bridgehead atoms. The summed E-state index contributed by atoms with van der Waals surface area (Å²) in [6.45, 7) is 2.78. The van der Waals surface area contributed by atoms with E-state index in [9.17, 15) is 23.1 Å². The van der Waals surface area contributed by atoms with Crippen LogP contribution in [0.25, 0.3) is 16.9 Å². The summed E-state index contributed by atoms with van der Waals surface area (Å²) >= 11 is 0. The maximum atomic E-state index is 14.3. The second kappa shape index (κ2) is 10.4. The summed E-state index contributed by atoms with van der Waals surface area (Å²) < 4.78 is 54.5. The highest BCUT2D eigenvalue weighted by Gasteiger charge is 2.36. The number of β-amino-alcohol motifs (C(OH)–C–C–N with tert-alkyl or cyclic N) is 1. The van der Waals surface area contributed by atoms with Crippen molar-refractivity contribution in [3.63, 3.8) is 0 Å². The number of nitrogens with zero attached hydrogens (tertiary/aromatic N) is 3. The minimum absolute atomic E-state index is 0.00764. The van der Waals surface area contributed by atoms with E-state index in [-0.39, 0.29) is 17.4 Å². The van der Waals surface area contributed by atoms with E-state index in [0.717, 1.165) is 23.6 Å². The number of nitrogens with one attached hydrogen (secondary N) is 1. The van der Waals surface area contributed by atoms with Crippen molar-refractivity contribution >= 4 is 11.4 Å². The molecule has 0 spiro atoms. The van der Waals surface area contributed by atoms with Crippen LogP contribution in [0, 0.1) is 0 Å². The average Bonchev–Trinajstić information content (AvgIpc) is 3.38. The molecule has 2 aliphatic rings. The van der Waals surface area contributed by atoms with Gasteiger partial charge in [-0.05, 0) is 56.0 Å². The number of fused-ring (bicyclic) bond motifs is 1. The lowest BCUT2D eigenvalue weighted by molar-refractivity contribution is -0.137. The molecule has 0 radical (unpaired) electrons. The largest absolute Gasteiger partial charge is 0.497 e. The smallest absolute Gasteiger partial charge is 0.418 e. The van der Waals surface area contributed by atoms with Crippen LogP contribution >= 0.6 is 0 Å². The highest BCUT2D eigenvalue weighted by Crippen LogP contribution is 2.39. The monoisotopic (exact) mass is 544 g/mol. The molecule has 3 heterocycles. The molecule has 39 heavy (non-hydrogen) atoms. The Bertz CT molecular complexity index is 1420. The normalized spacial score (nSPS) is 19.0. The number of benzene rings is 2. The number of ether oxygens (including phenoxy) is 2. The first kappa shape index (κ1) is 26.9. The predicted molar refractivity (Wildman–Crippen MR) is 142 cm³/mol. The van der Waals surface area contributed by atoms with Gasteiger partial charge in [0.05, 0.1) is 37.3 Å². The van der Waals surface area contributed by atoms with Crippen molar-refractivity contribution in [1.29, 1.82) is 0 Å². The maximum Gasteiger partial charge on any atom is 0.418 e. The van der Waals surface area contributed by atoms with Crippen LogP contribution in [0.5, 0.6) is 11.5 Å². The third-order valence-electron chi connectivity index (χ3n) is 7.45. The van der Waals surface area contributed by atoms with Crippen molar-refractivity contribution in [2.24, 2.45) is 0 Å². The van der Waals surface area contributed by atoms with Gasteiger partial charge in [-0.3, -0.25) is 4.79 Å². The molecular formula is C28H31F3N4O4. The second-order valence-corrected chi connectivity index (χ2v) is 9.90. The van der Waals surface area contributed by atoms with Gasteiger partial charge in [0, 0.05) is 42.0 Å². The van der Waals surface area contributed by atoms with Crippen molar-refractivity contribution in [2.45, 2.75) is 50.9 Å². The van der Waals surface area contributed by atoms with E-state index in [0.29, 0.717) is 59.9 Å². The number of aliphatic hydroxyl groups excluding tert-OH is 1.